The number of anilines is 3. The quantitative estimate of drug-likeness (QED) is 0.214. The Morgan fingerprint density at radius 1 is 0.533 bits per heavy atom. The summed E-state index contributed by atoms with van der Waals surface area (Å²) in [6.07, 6.45) is 3.95. The molecule has 0 unspecified atom stereocenters. The highest BCUT2D eigenvalue weighted by Gasteiger charge is 2.17. The molecule has 1 aliphatic rings. The molecule has 0 fully saturated rings. The van der Waals surface area contributed by atoms with Crippen molar-refractivity contribution in [1.82, 2.24) is 5.32 Å². The van der Waals surface area contributed by atoms with Gasteiger partial charge in [-0.05, 0) is 82.9 Å². The summed E-state index contributed by atoms with van der Waals surface area (Å²) in [6.45, 7) is 0.794. The molecule has 214 valence electrons. The maximum atomic E-state index is 6.20. The van der Waals surface area contributed by atoms with E-state index in [0.717, 1.165) is 46.1 Å². The number of nitrogens with one attached hydrogen (secondary N) is 1. The van der Waals surface area contributed by atoms with Crippen LogP contribution < -0.4 is 10.2 Å². The maximum absolute atomic E-state index is 6.20. The maximum Gasteiger partial charge on any atom is 0.135 e. The van der Waals surface area contributed by atoms with Gasteiger partial charge in [0.25, 0.3) is 0 Å². The molecule has 1 aliphatic heterocycles. The minimum atomic E-state index is 0.794. The Bertz CT molecular complexity index is 2360. The largest absolute Gasteiger partial charge is 0.456 e. The van der Waals surface area contributed by atoms with Gasteiger partial charge in [-0.2, -0.15) is 0 Å². The summed E-state index contributed by atoms with van der Waals surface area (Å²) >= 11 is 1.85. The van der Waals surface area contributed by atoms with E-state index in [1.807, 2.05) is 23.6 Å². The Hall–Kier alpha value is -5.58. The summed E-state index contributed by atoms with van der Waals surface area (Å²) in [6, 6.07) is 50.4. The first-order chi connectivity index (χ1) is 22.3. The van der Waals surface area contributed by atoms with Crippen LogP contribution in [-0.2, 0) is 6.54 Å². The number of furan rings is 1. The van der Waals surface area contributed by atoms with E-state index in [-0.39, 0.29) is 0 Å². The van der Waals surface area contributed by atoms with Crippen molar-refractivity contribution in [2.24, 2.45) is 0 Å². The third-order valence-electron chi connectivity index (χ3n) is 8.77. The number of hydrogen-bond donors (Lipinski definition) is 1. The second-order valence-electron chi connectivity index (χ2n) is 11.4. The Kier molecular flexibility index (Phi) is 6.06. The molecule has 0 saturated carbocycles. The van der Waals surface area contributed by atoms with Crippen molar-refractivity contribution in [3.05, 3.63) is 157 Å². The summed E-state index contributed by atoms with van der Waals surface area (Å²) < 4.78 is 8.81. The van der Waals surface area contributed by atoms with E-state index in [4.69, 9.17) is 4.42 Å². The Labute approximate surface area is 265 Å². The summed E-state index contributed by atoms with van der Waals surface area (Å²) in [5, 5.41) is 7.05. The van der Waals surface area contributed by atoms with E-state index in [1.54, 1.807) is 0 Å². The number of nitrogens with zero attached hydrogens (tertiary/aromatic N) is 1. The molecule has 8 aromatic rings. The van der Waals surface area contributed by atoms with Gasteiger partial charge in [0.05, 0.1) is 0 Å². The van der Waals surface area contributed by atoms with Crippen molar-refractivity contribution in [3.8, 4) is 22.3 Å². The van der Waals surface area contributed by atoms with Gasteiger partial charge in [0, 0.05) is 60.9 Å². The van der Waals surface area contributed by atoms with Gasteiger partial charge in [0.15, 0.2) is 0 Å². The van der Waals surface area contributed by atoms with E-state index in [2.05, 4.69) is 150 Å². The van der Waals surface area contributed by atoms with Crippen LogP contribution in [0.2, 0.25) is 0 Å². The average molecular weight is 597 g/mol. The van der Waals surface area contributed by atoms with Gasteiger partial charge in [-0.3, -0.25) is 0 Å². The molecular weight excluding hydrogens is 569 g/mol. The van der Waals surface area contributed by atoms with Crippen LogP contribution in [0.25, 0.3) is 59.5 Å². The van der Waals surface area contributed by atoms with Crippen molar-refractivity contribution in [2.45, 2.75) is 6.54 Å². The summed E-state index contributed by atoms with van der Waals surface area (Å²) in [7, 11) is 0. The number of fused-ring (bicyclic) bond motifs is 6. The second-order valence-corrected chi connectivity index (χ2v) is 12.5. The first-order valence-corrected chi connectivity index (χ1v) is 16.0. The average Bonchev–Trinajstić information content (AvgIpc) is 3.67. The molecule has 0 aliphatic carbocycles. The highest BCUT2D eigenvalue weighted by molar-refractivity contribution is 7.25. The van der Waals surface area contributed by atoms with Crippen LogP contribution in [0.5, 0.6) is 0 Å². The zero-order chi connectivity index (χ0) is 29.7. The lowest BCUT2D eigenvalue weighted by molar-refractivity contribution is 0.592. The molecule has 0 bridgehead atoms. The van der Waals surface area contributed by atoms with Gasteiger partial charge < -0.3 is 14.6 Å². The molecule has 1 N–H and O–H groups in total. The van der Waals surface area contributed by atoms with Crippen molar-refractivity contribution in [3.63, 3.8) is 0 Å². The van der Waals surface area contributed by atoms with Crippen LogP contribution in [0.4, 0.5) is 17.1 Å². The van der Waals surface area contributed by atoms with Gasteiger partial charge in [0.2, 0.25) is 0 Å². The lowest BCUT2D eigenvalue weighted by Crippen LogP contribution is -2.09. The molecule has 0 saturated heterocycles. The van der Waals surface area contributed by atoms with Crippen LogP contribution in [0.1, 0.15) is 11.3 Å². The lowest BCUT2D eigenvalue weighted by atomic mass is 10.0. The minimum absolute atomic E-state index is 0.794. The summed E-state index contributed by atoms with van der Waals surface area (Å²) in [4.78, 5) is 2.35. The first kappa shape index (κ1) is 25.9. The topological polar surface area (TPSA) is 28.4 Å². The van der Waals surface area contributed by atoms with Crippen LogP contribution in [0.3, 0.4) is 0 Å². The van der Waals surface area contributed by atoms with Gasteiger partial charge in [-0.1, -0.05) is 84.9 Å². The van der Waals surface area contributed by atoms with Gasteiger partial charge in [-0.25, -0.2) is 0 Å². The van der Waals surface area contributed by atoms with Crippen molar-refractivity contribution < 1.29 is 4.42 Å². The van der Waals surface area contributed by atoms with Gasteiger partial charge >= 0.3 is 0 Å². The van der Waals surface area contributed by atoms with Crippen LogP contribution >= 0.6 is 11.3 Å². The molecule has 3 heterocycles. The van der Waals surface area contributed by atoms with E-state index in [9.17, 15) is 0 Å². The lowest BCUT2D eigenvalue weighted by Gasteiger charge is -2.26. The monoisotopic (exact) mass is 596 g/mol. The first-order valence-electron chi connectivity index (χ1n) is 15.2. The van der Waals surface area contributed by atoms with Crippen LogP contribution in [0.15, 0.2) is 150 Å². The molecule has 0 radical (unpaired) electrons. The highest BCUT2D eigenvalue weighted by atomic mass is 32.1. The van der Waals surface area contributed by atoms with Crippen LogP contribution in [-0.4, -0.2) is 0 Å². The molecule has 9 rings (SSSR count). The Morgan fingerprint density at radius 2 is 1.18 bits per heavy atom. The third-order valence-corrected chi connectivity index (χ3v) is 9.92. The zero-order valence-corrected chi connectivity index (χ0v) is 25.2. The standard InChI is InChI=1S/C41H28N2OS/c1-2-6-27(7-3-1)28-10-15-31(16-11-28)43(33-19-21-41-36(25-33)35-8-4-5-9-40(35)45-41)32-17-12-29(13-18-32)30-14-20-34-37-26-42-23-22-38(37)44-39(34)24-30/h1-25,42H,26H2. The predicted molar refractivity (Wildman–Crippen MR) is 191 cm³/mol. The number of benzene rings is 6. The summed E-state index contributed by atoms with van der Waals surface area (Å²) in [5.74, 6) is 0.945. The van der Waals surface area contributed by atoms with Gasteiger partial charge in [0.1, 0.15) is 11.3 Å². The predicted octanol–water partition coefficient (Wildman–Crippen LogP) is 11.7. The minimum Gasteiger partial charge on any atom is -0.456 e. The summed E-state index contributed by atoms with van der Waals surface area (Å²) in [5.41, 5.74) is 10.2. The molecule has 2 aromatic heterocycles. The van der Waals surface area contributed by atoms with Gasteiger partial charge in [-0.15, -0.1) is 11.3 Å². The van der Waals surface area contributed by atoms with Crippen LogP contribution in [0, 0.1) is 0 Å². The molecule has 0 spiro atoms. The molecule has 6 aromatic carbocycles. The van der Waals surface area contributed by atoms with Crippen molar-refractivity contribution >= 4 is 65.6 Å². The number of rotatable bonds is 5. The normalized spacial score (nSPS) is 12.4. The molecular formula is C41H28N2OS. The molecule has 45 heavy (non-hydrogen) atoms. The van der Waals surface area contributed by atoms with E-state index in [0.29, 0.717) is 0 Å². The van der Waals surface area contributed by atoms with Crippen molar-refractivity contribution in [1.29, 1.82) is 0 Å². The second kappa shape index (κ2) is 10.5. The van der Waals surface area contributed by atoms with Crippen molar-refractivity contribution in [2.75, 3.05) is 4.90 Å². The fraction of sp³-hybridized carbons (Fsp3) is 0.0244. The third kappa shape index (κ3) is 4.50. The smallest absolute Gasteiger partial charge is 0.135 e. The molecule has 4 heteroatoms. The molecule has 3 nitrogen and oxygen atoms in total. The highest BCUT2D eigenvalue weighted by Crippen LogP contribution is 2.41. The molecule has 0 amide bonds. The Balaban J connectivity index is 1.13. The van der Waals surface area contributed by atoms with E-state index in [1.165, 1.54) is 42.2 Å². The van der Waals surface area contributed by atoms with E-state index < -0.39 is 0 Å². The molecule has 0 atom stereocenters. The Morgan fingerprint density at radius 3 is 1.98 bits per heavy atom. The SMILES string of the molecule is C1=Cc2oc3cc(-c4ccc(N(c5ccc(-c6ccccc6)cc5)c5ccc6sc7ccccc7c6c5)cc4)ccc3c2CN1. The zero-order valence-electron chi connectivity index (χ0n) is 24.4. The number of hydrogen-bond acceptors (Lipinski definition) is 4. The van der Waals surface area contributed by atoms with E-state index >= 15 is 0 Å². The fourth-order valence-electron chi connectivity index (χ4n) is 6.50. The fourth-order valence-corrected chi connectivity index (χ4v) is 7.58. The number of thiophene rings is 1.